The molecule has 4 heterocycles. The van der Waals surface area contributed by atoms with Crippen molar-refractivity contribution in [1.82, 2.24) is 19.4 Å². The van der Waals surface area contributed by atoms with Crippen molar-refractivity contribution in [2.24, 2.45) is 7.05 Å². The zero-order valence-electron chi connectivity index (χ0n) is 17.3. The summed E-state index contributed by atoms with van der Waals surface area (Å²) in [5.41, 5.74) is 2.97. The molecule has 1 aromatic carbocycles. The number of hydrogen-bond acceptors (Lipinski definition) is 5. The predicted octanol–water partition coefficient (Wildman–Crippen LogP) is 1.37. The van der Waals surface area contributed by atoms with Crippen LogP contribution in [0.3, 0.4) is 0 Å². The first kappa shape index (κ1) is 19.8. The zero-order chi connectivity index (χ0) is 20.5. The Labute approximate surface area is 181 Å². The van der Waals surface area contributed by atoms with Crippen molar-refractivity contribution in [2.75, 3.05) is 57.4 Å². The molecule has 8 heteroatoms. The van der Waals surface area contributed by atoms with Crippen LogP contribution in [0.2, 0.25) is 5.02 Å². The second kappa shape index (κ2) is 8.51. The Balaban J connectivity index is 1.46. The highest BCUT2D eigenvalue weighted by atomic mass is 35.5. The summed E-state index contributed by atoms with van der Waals surface area (Å²) in [6, 6.07) is 10.6. The first-order valence-electron chi connectivity index (χ1n) is 10.7. The second-order valence-corrected chi connectivity index (χ2v) is 8.49. The van der Waals surface area contributed by atoms with E-state index in [1.807, 2.05) is 25.2 Å². The number of ether oxygens (including phenoxy) is 1. The number of halogens is 1. The number of imidazole rings is 1. The summed E-state index contributed by atoms with van der Waals surface area (Å²) < 4.78 is 8.04. The normalized spacial score (nSPS) is 21.1. The van der Waals surface area contributed by atoms with Crippen molar-refractivity contribution in [3.63, 3.8) is 0 Å². The molecule has 2 fully saturated rings. The first-order chi connectivity index (χ1) is 14.7. The van der Waals surface area contributed by atoms with Crippen LogP contribution in [0.4, 0.5) is 5.82 Å². The zero-order valence-corrected chi connectivity index (χ0v) is 18.1. The lowest BCUT2D eigenvalue weighted by Gasteiger charge is -2.34. The quantitative estimate of drug-likeness (QED) is 0.684. The van der Waals surface area contributed by atoms with Crippen LogP contribution in [0.1, 0.15) is 0 Å². The van der Waals surface area contributed by atoms with Gasteiger partial charge in [0.1, 0.15) is 11.6 Å². The van der Waals surface area contributed by atoms with Gasteiger partial charge in [0.25, 0.3) is 0 Å². The summed E-state index contributed by atoms with van der Waals surface area (Å²) in [5, 5.41) is 3.00. The van der Waals surface area contributed by atoms with Gasteiger partial charge in [0.15, 0.2) is 0 Å². The molecule has 0 amide bonds. The number of nitrogens with two attached hydrogens (primary N) is 1. The van der Waals surface area contributed by atoms with E-state index in [-0.39, 0.29) is 0 Å². The molecule has 0 spiro atoms. The van der Waals surface area contributed by atoms with Crippen LogP contribution < -0.4 is 10.2 Å². The van der Waals surface area contributed by atoms with Gasteiger partial charge in [-0.1, -0.05) is 23.7 Å². The number of aromatic nitrogens is 3. The maximum absolute atomic E-state index is 6.58. The highest BCUT2D eigenvalue weighted by Crippen LogP contribution is 2.32. The standard InChI is InChI=1S/C22H27ClN6O/c1-27-20-5-3-2-4-19(20)26-22(27)17-12-21(25-13-18(17)23)29-10-11-30-15-16(14-29)28-8-6-24-7-9-28/h2-5,12-13,16,24H,6-11,14-15H2,1H3/p+1. The molecule has 7 nitrogen and oxygen atoms in total. The SMILES string of the molecule is Cn1c(-c2cc(N3CCOCC(N4CC[NH2+]CC4)C3)ncc2Cl)nc2ccccc21. The largest absolute Gasteiger partial charge is 0.378 e. The van der Waals surface area contributed by atoms with Gasteiger partial charge in [-0.2, -0.15) is 0 Å². The van der Waals surface area contributed by atoms with E-state index in [0.29, 0.717) is 17.7 Å². The van der Waals surface area contributed by atoms with Crippen molar-refractivity contribution in [2.45, 2.75) is 6.04 Å². The smallest absolute Gasteiger partial charge is 0.142 e. The Kier molecular flexibility index (Phi) is 5.60. The second-order valence-electron chi connectivity index (χ2n) is 8.08. The van der Waals surface area contributed by atoms with Crippen molar-refractivity contribution in [1.29, 1.82) is 0 Å². The van der Waals surface area contributed by atoms with Gasteiger partial charge in [-0.3, -0.25) is 4.90 Å². The van der Waals surface area contributed by atoms with Crippen LogP contribution in [0.25, 0.3) is 22.4 Å². The van der Waals surface area contributed by atoms with E-state index in [9.17, 15) is 0 Å². The average Bonchev–Trinajstić information content (AvgIpc) is 2.96. The molecular weight excluding hydrogens is 400 g/mol. The lowest BCUT2D eigenvalue weighted by molar-refractivity contribution is -0.663. The van der Waals surface area contributed by atoms with E-state index >= 15 is 0 Å². The number of hydrogen-bond donors (Lipinski definition) is 1. The molecule has 0 saturated carbocycles. The Hall–Kier alpha value is -2.19. The maximum atomic E-state index is 6.58. The Morgan fingerprint density at radius 2 is 2.00 bits per heavy atom. The van der Waals surface area contributed by atoms with Gasteiger partial charge in [0, 0.05) is 45.0 Å². The Morgan fingerprint density at radius 1 is 1.17 bits per heavy atom. The summed E-state index contributed by atoms with van der Waals surface area (Å²) >= 11 is 6.58. The molecule has 0 aliphatic carbocycles. The van der Waals surface area contributed by atoms with E-state index in [0.717, 1.165) is 74.1 Å². The average molecular weight is 428 g/mol. The summed E-state index contributed by atoms with van der Waals surface area (Å²) in [6.45, 7) is 7.77. The molecule has 158 valence electrons. The van der Waals surface area contributed by atoms with E-state index in [2.05, 4.69) is 36.8 Å². The number of anilines is 1. The van der Waals surface area contributed by atoms with Crippen LogP contribution in [0.15, 0.2) is 36.5 Å². The van der Waals surface area contributed by atoms with Crippen LogP contribution in [-0.4, -0.2) is 78.0 Å². The van der Waals surface area contributed by atoms with Crippen molar-refractivity contribution < 1.29 is 10.1 Å². The lowest BCUT2D eigenvalue weighted by Crippen LogP contribution is -2.90. The molecule has 0 bridgehead atoms. The fourth-order valence-electron chi connectivity index (χ4n) is 4.52. The molecule has 30 heavy (non-hydrogen) atoms. The molecule has 2 aliphatic rings. The van der Waals surface area contributed by atoms with E-state index in [1.54, 1.807) is 6.20 Å². The molecule has 0 radical (unpaired) electrons. The number of para-hydroxylation sites is 2. The van der Waals surface area contributed by atoms with Gasteiger partial charge in [0.2, 0.25) is 0 Å². The fraction of sp³-hybridized carbons (Fsp3) is 0.455. The molecule has 2 saturated heterocycles. The summed E-state index contributed by atoms with van der Waals surface area (Å²) in [7, 11) is 2.03. The third kappa shape index (κ3) is 3.78. The number of quaternary nitrogens is 1. The van der Waals surface area contributed by atoms with Gasteiger partial charge in [-0.05, 0) is 18.2 Å². The van der Waals surface area contributed by atoms with Crippen LogP contribution in [-0.2, 0) is 11.8 Å². The van der Waals surface area contributed by atoms with Crippen molar-refractivity contribution in [3.8, 4) is 11.4 Å². The molecule has 1 atom stereocenters. The van der Waals surface area contributed by atoms with Gasteiger partial charge in [-0.15, -0.1) is 0 Å². The minimum atomic E-state index is 0.387. The first-order valence-corrected chi connectivity index (χ1v) is 11.0. The number of pyridine rings is 1. The number of fused-ring (bicyclic) bond motifs is 1. The van der Waals surface area contributed by atoms with Crippen LogP contribution in [0.5, 0.6) is 0 Å². The monoisotopic (exact) mass is 427 g/mol. The lowest BCUT2D eigenvalue weighted by atomic mass is 10.2. The maximum Gasteiger partial charge on any atom is 0.142 e. The summed E-state index contributed by atoms with van der Waals surface area (Å²) in [6.07, 6.45) is 1.75. The number of rotatable bonds is 3. The van der Waals surface area contributed by atoms with Crippen molar-refractivity contribution in [3.05, 3.63) is 41.6 Å². The highest BCUT2D eigenvalue weighted by molar-refractivity contribution is 6.33. The molecule has 1 unspecified atom stereocenters. The van der Waals surface area contributed by atoms with E-state index < -0.39 is 0 Å². The Bertz CT molecular complexity index is 1030. The highest BCUT2D eigenvalue weighted by Gasteiger charge is 2.27. The van der Waals surface area contributed by atoms with Crippen LogP contribution >= 0.6 is 11.6 Å². The topological polar surface area (TPSA) is 63.0 Å². The van der Waals surface area contributed by atoms with Gasteiger partial charge in [-0.25, -0.2) is 9.97 Å². The third-order valence-corrected chi connectivity index (χ3v) is 6.50. The molecular formula is C22H28ClN6O+. The van der Waals surface area contributed by atoms with Gasteiger partial charge < -0.3 is 19.5 Å². The minimum absolute atomic E-state index is 0.387. The summed E-state index contributed by atoms with van der Waals surface area (Å²) in [5.74, 6) is 1.79. The number of aryl methyl sites for hydroxylation is 1. The minimum Gasteiger partial charge on any atom is -0.378 e. The predicted molar refractivity (Wildman–Crippen MR) is 119 cm³/mol. The van der Waals surface area contributed by atoms with Crippen molar-refractivity contribution >= 4 is 28.5 Å². The summed E-state index contributed by atoms with van der Waals surface area (Å²) in [4.78, 5) is 14.4. The molecule has 2 aromatic heterocycles. The Morgan fingerprint density at radius 3 is 2.83 bits per heavy atom. The fourth-order valence-corrected chi connectivity index (χ4v) is 4.70. The number of nitrogens with zero attached hydrogens (tertiary/aromatic N) is 5. The van der Waals surface area contributed by atoms with E-state index in [4.69, 9.17) is 21.3 Å². The number of piperazine rings is 1. The molecule has 5 rings (SSSR count). The number of benzene rings is 1. The van der Waals surface area contributed by atoms with E-state index in [1.165, 1.54) is 0 Å². The van der Waals surface area contributed by atoms with Crippen LogP contribution in [0, 0.1) is 0 Å². The third-order valence-electron chi connectivity index (χ3n) is 6.20. The molecule has 2 aliphatic heterocycles. The van der Waals surface area contributed by atoms with Gasteiger partial charge >= 0.3 is 0 Å². The molecule has 3 aromatic rings. The van der Waals surface area contributed by atoms with Gasteiger partial charge in [0.05, 0.1) is 48.4 Å². The molecule has 2 N–H and O–H groups in total.